The van der Waals surface area contributed by atoms with Gasteiger partial charge in [0.2, 0.25) is 0 Å². The van der Waals surface area contributed by atoms with Gasteiger partial charge in [-0.3, -0.25) is 0 Å². The number of likely N-dealkylation sites (tertiary alicyclic amines) is 1. The quantitative estimate of drug-likeness (QED) is 0.522. The van der Waals surface area contributed by atoms with E-state index >= 15 is 0 Å². The van der Waals surface area contributed by atoms with Crippen LogP contribution in [0.15, 0.2) is 0 Å². The molecule has 0 bridgehead atoms. The number of aliphatic hydroxyl groups excluding tert-OH is 1. The number of carbonyl (C=O) groups excluding carboxylic acids is 1. The van der Waals surface area contributed by atoms with Crippen LogP contribution in [0.4, 0.5) is 4.79 Å². The second-order valence-corrected chi connectivity index (χ2v) is 2.63. The average Bonchev–Trinajstić information content (AvgIpc) is 1.56. The summed E-state index contributed by atoms with van der Waals surface area (Å²) >= 11 is 0. The van der Waals surface area contributed by atoms with Crippen LogP contribution in [0.1, 0.15) is 13.3 Å². The Morgan fingerprint density at radius 2 is 2.50 bits per heavy atom. The fourth-order valence-electron chi connectivity index (χ4n) is 1.18. The van der Waals surface area contributed by atoms with Crippen molar-refractivity contribution < 1.29 is 9.90 Å². The Labute approximate surface area is 59.6 Å². The van der Waals surface area contributed by atoms with Gasteiger partial charge in [0, 0.05) is 6.54 Å². The summed E-state index contributed by atoms with van der Waals surface area (Å²) in [6.45, 7) is 2.35. The fourth-order valence-corrected chi connectivity index (χ4v) is 1.18. The average molecular weight is 144 g/mol. The van der Waals surface area contributed by atoms with Gasteiger partial charge in [0.05, 0.1) is 12.1 Å². The molecule has 0 saturated carbocycles. The number of carbonyl (C=O) groups is 1. The van der Waals surface area contributed by atoms with E-state index in [1.807, 2.05) is 0 Å². The van der Waals surface area contributed by atoms with Crippen LogP contribution in [-0.4, -0.2) is 34.7 Å². The van der Waals surface area contributed by atoms with Crippen molar-refractivity contribution in [1.29, 1.82) is 0 Å². The summed E-state index contributed by atoms with van der Waals surface area (Å²) in [6, 6.07) is -0.477. The first-order chi connectivity index (χ1) is 4.63. The molecule has 0 spiro atoms. The first kappa shape index (κ1) is 7.34. The monoisotopic (exact) mass is 144 g/mol. The predicted octanol–water partition coefficient (Wildman–Crippen LogP) is -0.480. The summed E-state index contributed by atoms with van der Waals surface area (Å²) in [5.41, 5.74) is 5.00. The van der Waals surface area contributed by atoms with Crippen molar-refractivity contribution in [3.05, 3.63) is 0 Å². The Morgan fingerprint density at radius 1 is 1.90 bits per heavy atom. The largest absolute Gasteiger partial charge is 0.391 e. The summed E-state index contributed by atoms with van der Waals surface area (Å²) in [4.78, 5) is 12.0. The molecule has 4 nitrogen and oxygen atoms in total. The van der Waals surface area contributed by atoms with Gasteiger partial charge >= 0.3 is 6.03 Å². The molecule has 0 aromatic rings. The highest BCUT2D eigenvalue weighted by Crippen LogP contribution is 2.19. The van der Waals surface area contributed by atoms with Crippen molar-refractivity contribution in [1.82, 2.24) is 4.90 Å². The molecular formula is C6H12N2O2. The Morgan fingerprint density at radius 3 is 2.60 bits per heavy atom. The van der Waals surface area contributed by atoms with Gasteiger partial charge in [0.15, 0.2) is 0 Å². The van der Waals surface area contributed by atoms with Crippen LogP contribution in [0.25, 0.3) is 0 Å². The molecule has 2 atom stereocenters. The van der Waals surface area contributed by atoms with Crippen LogP contribution in [-0.2, 0) is 0 Å². The van der Waals surface area contributed by atoms with E-state index < -0.39 is 12.1 Å². The van der Waals surface area contributed by atoms with Crippen LogP contribution < -0.4 is 5.73 Å². The third-order valence-corrected chi connectivity index (χ3v) is 1.91. The minimum absolute atomic E-state index is 0.0440. The molecule has 10 heavy (non-hydrogen) atoms. The number of hydrogen-bond acceptors (Lipinski definition) is 2. The molecule has 4 heteroatoms. The highest BCUT2D eigenvalue weighted by molar-refractivity contribution is 5.73. The molecule has 1 unspecified atom stereocenters. The Kier molecular flexibility index (Phi) is 1.80. The standard InChI is InChI=1S/C6H12N2O2/c1-4(9)5-2-3-8(5)6(7)10/h4-5,9H,2-3H2,1H3,(H2,7,10)/t4-,5?/m1/s1. The molecule has 0 aromatic carbocycles. The van der Waals surface area contributed by atoms with Gasteiger partial charge in [-0.05, 0) is 13.3 Å². The van der Waals surface area contributed by atoms with E-state index in [0.717, 1.165) is 6.42 Å². The smallest absolute Gasteiger partial charge is 0.315 e. The lowest BCUT2D eigenvalue weighted by Gasteiger charge is -2.41. The van der Waals surface area contributed by atoms with Gasteiger partial charge in [-0.15, -0.1) is 0 Å². The van der Waals surface area contributed by atoms with Crippen molar-refractivity contribution in [2.24, 2.45) is 5.73 Å². The Balaban J connectivity index is 2.43. The number of nitrogens with zero attached hydrogens (tertiary/aromatic N) is 1. The normalized spacial score (nSPS) is 27.4. The predicted molar refractivity (Wildman–Crippen MR) is 36.4 cm³/mol. The Bertz CT molecular complexity index is 147. The molecule has 1 aliphatic rings. The maximum absolute atomic E-state index is 10.5. The number of primary amides is 1. The van der Waals surface area contributed by atoms with Gasteiger partial charge < -0.3 is 15.7 Å². The molecule has 0 radical (unpaired) electrons. The number of aliphatic hydroxyl groups is 1. The summed E-state index contributed by atoms with van der Waals surface area (Å²) < 4.78 is 0. The van der Waals surface area contributed by atoms with Crippen molar-refractivity contribution in [3.8, 4) is 0 Å². The van der Waals surface area contributed by atoms with Crippen molar-refractivity contribution in [2.45, 2.75) is 25.5 Å². The number of nitrogens with two attached hydrogens (primary N) is 1. The molecule has 3 N–H and O–H groups in total. The van der Waals surface area contributed by atoms with E-state index in [0.29, 0.717) is 6.54 Å². The summed E-state index contributed by atoms with van der Waals surface area (Å²) in [6.07, 6.45) is 0.405. The van der Waals surface area contributed by atoms with Gasteiger partial charge in [-0.1, -0.05) is 0 Å². The van der Waals surface area contributed by atoms with E-state index in [9.17, 15) is 4.79 Å². The van der Waals surface area contributed by atoms with Crippen LogP contribution in [0, 0.1) is 0 Å². The van der Waals surface area contributed by atoms with Crippen molar-refractivity contribution >= 4 is 6.03 Å². The molecule has 0 aromatic heterocycles. The van der Waals surface area contributed by atoms with Crippen molar-refractivity contribution in [3.63, 3.8) is 0 Å². The van der Waals surface area contributed by atoms with Gasteiger partial charge in [-0.2, -0.15) is 0 Å². The first-order valence-corrected chi connectivity index (χ1v) is 3.37. The van der Waals surface area contributed by atoms with E-state index in [4.69, 9.17) is 10.8 Å². The minimum Gasteiger partial charge on any atom is -0.391 e. The third-order valence-electron chi connectivity index (χ3n) is 1.91. The minimum atomic E-state index is -0.457. The first-order valence-electron chi connectivity index (χ1n) is 3.37. The SMILES string of the molecule is C[C@@H](O)C1CCN1C(N)=O. The molecule has 0 aliphatic carbocycles. The molecule has 58 valence electrons. The molecule has 1 aliphatic heterocycles. The maximum Gasteiger partial charge on any atom is 0.315 e. The summed E-state index contributed by atoms with van der Waals surface area (Å²) in [7, 11) is 0. The van der Waals surface area contributed by atoms with E-state index in [1.54, 1.807) is 6.92 Å². The lowest BCUT2D eigenvalue weighted by Crippen LogP contribution is -2.57. The lowest BCUT2D eigenvalue weighted by atomic mass is 9.99. The maximum atomic E-state index is 10.5. The highest BCUT2D eigenvalue weighted by Gasteiger charge is 2.33. The number of hydrogen-bond donors (Lipinski definition) is 2. The van der Waals surface area contributed by atoms with Crippen LogP contribution >= 0.6 is 0 Å². The molecule has 1 saturated heterocycles. The zero-order valence-electron chi connectivity index (χ0n) is 5.95. The molecule has 2 amide bonds. The van der Waals surface area contributed by atoms with Crippen LogP contribution in [0.3, 0.4) is 0 Å². The number of urea groups is 1. The topological polar surface area (TPSA) is 66.6 Å². The van der Waals surface area contributed by atoms with Gasteiger partial charge in [0.1, 0.15) is 0 Å². The number of amides is 2. The summed E-state index contributed by atoms with van der Waals surface area (Å²) in [5, 5.41) is 9.04. The van der Waals surface area contributed by atoms with Gasteiger partial charge in [-0.25, -0.2) is 4.79 Å². The van der Waals surface area contributed by atoms with Crippen molar-refractivity contribution in [2.75, 3.05) is 6.54 Å². The molecule has 1 fully saturated rings. The second kappa shape index (κ2) is 2.46. The second-order valence-electron chi connectivity index (χ2n) is 2.63. The lowest BCUT2D eigenvalue weighted by molar-refractivity contribution is 0.0244. The zero-order valence-corrected chi connectivity index (χ0v) is 5.95. The zero-order chi connectivity index (χ0) is 7.72. The van der Waals surface area contributed by atoms with Crippen LogP contribution in [0.5, 0.6) is 0 Å². The van der Waals surface area contributed by atoms with Crippen LogP contribution in [0.2, 0.25) is 0 Å². The van der Waals surface area contributed by atoms with Gasteiger partial charge in [0.25, 0.3) is 0 Å². The highest BCUT2D eigenvalue weighted by atomic mass is 16.3. The summed E-state index contributed by atoms with van der Waals surface area (Å²) in [5.74, 6) is 0. The Hall–Kier alpha value is -0.770. The van der Waals surface area contributed by atoms with E-state index in [-0.39, 0.29) is 6.04 Å². The van der Waals surface area contributed by atoms with E-state index in [2.05, 4.69) is 0 Å². The third kappa shape index (κ3) is 1.07. The van der Waals surface area contributed by atoms with E-state index in [1.165, 1.54) is 4.90 Å². The molecular weight excluding hydrogens is 132 g/mol. The molecule has 1 rings (SSSR count). The number of rotatable bonds is 1. The molecule has 1 heterocycles. The fraction of sp³-hybridized carbons (Fsp3) is 0.833.